The van der Waals surface area contributed by atoms with Crippen LogP contribution in [0.2, 0.25) is 10.0 Å². The summed E-state index contributed by atoms with van der Waals surface area (Å²) in [4.78, 5) is 10.4. The molecule has 0 aliphatic carbocycles. The number of fused-ring (bicyclic) bond motifs is 2. The fourth-order valence-electron chi connectivity index (χ4n) is 4.47. The summed E-state index contributed by atoms with van der Waals surface area (Å²) in [6, 6.07) is 14.4. The summed E-state index contributed by atoms with van der Waals surface area (Å²) < 4.78 is 0. The number of hydrogen-bond donors (Lipinski definition) is 1. The van der Waals surface area contributed by atoms with Crippen LogP contribution in [0, 0.1) is 17.8 Å². The molecule has 5 heteroatoms. The first-order valence-corrected chi connectivity index (χ1v) is 12.0. The molecule has 1 aliphatic heterocycles. The van der Waals surface area contributed by atoms with Gasteiger partial charge in [0.1, 0.15) is 5.65 Å². The number of nitrogens with one attached hydrogen (secondary N) is 1. The van der Waals surface area contributed by atoms with Gasteiger partial charge in [0.2, 0.25) is 0 Å². The van der Waals surface area contributed by atoms with E-state index in [0.29, 0.717) is 21.5 Å². The Morgan fingerprint density at radius 1 is 1.03 bits per heavy atom. The topological polar surface area (TPSA) is 31.9 Å². The molecular weight excluding hydrogens is 449 g/mol. The summed E-state index contributed by atoms with van der Waals surface area (Å²) in [6.07, 6.45) is 4.90. The number of pyridine rings is 1. The molecule has 3 heterocycles. The van der Waals surface area contributed by atoms with E-state index in [1.807, 2.05) is 18.5 Å². The molecule has 0 radical (unpaired) electrons. The number of benzene rings is 2. The van der Waals surface area contributed by atoms with Gasteiger partial charge in [0.25, 0.3) is 0 Å². The quantitative estimate of drug-likeness (QED) is 0.326. The highest BCUT2D eigenvalue weighted by Crippen LogP contribution is 2.29. The molecule has 166 valence electrons. The molecule has 0 amide bonds. The minimum atomic E-state index is 0.551. The Labute approximate surface area is 204 Å². The molecule has 2 aromatic heterocycles. The second-order valence-corrected chi connectivity index (χ2v) is 9.85. The molecular formula is C28H25Cl2N3. The Kier molecular flexibility index (Phi) is 6.17. The van der Waals surface area contributed by atoms with Crippen molar-refractivity contribution in [3.05, 3.63) is 87.2 Å². The molecule has 1 aliphatic rings. The second-order valence-electron chi connectivity index (χ2n) is 9.03. The van der Waals surface area contributed by atoms with Crippen molar-refractivity contribution in [3.63, 3.8) is 0 Å². The lowest BCUT2D eigenvalue weighted by Gasteiger charge is -2.30. The number of halogens is 2. The van der Waals surface area contributed by atoms with Crippen LogP contribution >= 0.6 is 23.2 Å². The third kappa shape index (κ3) is 4.66. The first-order chi connectivity index (χ1) is 16.0. The van der Waals surface area contributed by atoms with Crippen LogP contribution in [0.5, 0.6) is 0 Å². The van der Waals surface area contributed by atoms with Crippen molar-refractivity contribution in [2.24, 2.45) is 5.92 Å². The molecule has 3 nitrogen and oxygen atoms in total. The first-order valence-electron chi connectivity index (χ1n) is 11.3. The van der Waals surface area contributed by atoms with E-state index in [1.54, 1.807) is 12.1 Å². The molecule has 0 saturated carbocycles. The van der Waals surface area contributed by atoms with Gasteiger partial charge in [-0.15, -0.1) is 0 Å². The van der Waals surface area contributed by atoms with Crippen molar-refractivity contribution in [1.82, 2.24) is 14.9 Å². The van der Waals surface area contributed by atoms with Gasteiger partial charge in [0.15, 0.2) is 0 Å². The van der Waals surface area contributed by atoms with E-state index in [9.17, 15) is 0 Å². The molecule has 5 rings (SSSR count). The predicted octanol–water partition coefficient (Wildman–Crippen LogP) is 6.95. The Bertz CT molecular complexity index is 1370. The number of aromatic amines is 1. The summed E-state index contributed by atoms with van der Waals surface area (Å²) >= 11 is 12.5. The predicted molar refractivity (Wildman–Crippen MR) is 138 cm³/mol. The van der Waals surface area contributed by atoms with Crippen molar-refractivity contribution in [1.29, 1.82) is 0 Å². The van der Waals surface area contributed by atoms with E-state index in [2.05, 4.69) is 64.8 Å². The van der Waals surface area contributed by atoms with E-state index in [4.69, 9.17) is 23.2 Å². The van der Waals surface area contributed by atoms with Gasteiger partial charge >= 0.3 is 0 Å². The SMILES string of the molecule is CC(C)CN1CCc2cc(-c3cnc4[nH]cc(C#Cc5c(Cl)cccc5Cl)c4c3)ccc2C1. The van der Waals surface area contributed by atoms with Gasteiger partial charge in [-0.2, -0.15) is 0 Å². The van der Waals surface area contributed by atoms with Crippen LogP contribution in [-0.4, -0.2) is 28.0 Å². The number of H-pyrrole nitrogens is 1. The molecule has 4 aromatic rings. The summed E-state index contributed by atoms with van der Waals surface area (Å²) in [7, 11) is 0. The fraction of sp³-hybridized carbons (Fsp3) is 0.250. The average Bonchev–Trinajstić information content (AvgIpc) is 3.20. The highest BCUT2D eigenvalue weighted by atomic mass is 35.5. The Morgan fingerprint density at radius 3 is 2.64 bits per heavy atom. The van der Waals surface area contributed by atoms with Crippen LogP contribution in [0.4, 0.5) is 0 Å². The average molecular weight is 474 g/mol. The lowest BCUT2D eigenvalue weighted by Crippen LogP contribution is -2.33. The van der Waals surface area contributed by atoms with Crippen molar-refractivity contribution in [3.8, 4) is 23.0 Å². The summed E-state index contributed by atoms with van der Waals surface area (Å²) in [6.45, 7) is 7.87. The molecule has 0 saturated heterocycles. The maximum Gasteiger partial charge on any atom is 0.138 e. The van der Waals surface area contributed by atoms with Gasteiger partial charge in [0.05, 0.1) is 21.2 Å². The van der Waals surface area contributed by atoms with Crippen molar-refractivity contribution in [2.75, 3.05) is 13.1 Å². The van der Waals surface area contributed by atoms with Gasteiger partial charge in [-0.05, 0) is 47.2 Å². The Hall–Kier alpha value is -2.77. The molecule has 0 bridgehead atoms. The van der Waals surface area contributed by atoms with Gasteiger partial charge in [-0.25, -0.2) is 4.98 Å². The maximum atomic E-state index is 6.27. The number of aromatic nitrogens is 2. The van der Waals surface area contributed by atoms with E-state index in [1.165, 1.54) is 16.7 Å². The van der Waals surface area contributed by atoms with Crippen LogP contribution in [0.3, 0.4) is 0 Å². The van der Waals surface area contributed by atoms with Crippen LogP contribution in [-0.2, 0) is 13.0 Å². The second kappa shape index (κ2) is 9.23. The van der Waals surface area contributed by atoms with Gasteiger partial charge in [-0.1, -0.05) is 73.2 Å². The van der Waals surface area contributed by atoms with E-state index in [0.717, 1.165) is 48.2 Å². The molecule has 0 fully saturated rings. The summed E-state index contributed by atoms with van der Waals surface area (Å²) in [5, 5.41) is 2.09. The van der Waals surface area contributed by atoms with Crippen LogP contribution < -0.4 is 0 Å². The Morgan fingerprint density at radius 2 is 1.85 bits per heavy atom. The standard InChI is InChI=1S/C28H25Cl2N3/c1-18(2)16-33-11-10-20-12-19(6-7-22(20)17-33)23-13-25-21(14-31-28(25)32-15-23)8-9-24-26(29)4-3-5-27(24)30/h3-7,12-15,18H,10-11,16-17H2,1-2H3,(H,31,32). The number of hydrogen-bond acceptors (Lipinski definition) is 2. The lowest BCUT2D eigenvalue weighted by molar-refractivity contribution is 0.226. The van der Waals surface area contributed by atoms with Crippen LogP contribution in [0.1, 0.15) is 36.1 Å². The van der Waals surface area contributed by atoms with Crippen molar-refractivity contribution >= 4 is 34.2 Å². The number of rotatable bonds is 3. The normalized spacial score (nSPS) is 13.7. The summed E-state index contributed by atoms with van der Waals surface area (Å²) in [5.41, 5.74) is 7.48. The van der Waals surface area contributed by atoms with Crippen LogP contribution in [0.25, 0.3) is 22.2 Å². The largest absolute Gasteiger partial charge is 0.345 e. The zero-order valence-corrected chi connectivity index (χ0v) is 20.3. The Balaban J connectivity index is 1.46. The lowest BCUT2D eigenvalue weighted by atomic mass is 9.94. The zero-order valence-electron chi connectivity index (χ0n) is 18.8. The van der Waals surface area contributed by atoms with Gasteiger partial charge in [0, 0.05) is 43.0 Å². The third-order valence-corrected chi connectivity index (χ3v) is 6.70. The first kappa shape index (κ1) is 22.0. The zero-order chi connectivity index (χ0) is 22.9. The molecule has 1 N–H and O–H groups in total. The summed E-state index contributed by atoms with van der Waals surface area (Å²) in [5.74, 6) is 7.04. The molecule has 2 aromatic carbocycles. The molecule has 0 atom stereocenters. The van der Waals surface area contributed by atoms with Crippen molar-refractivity contribution < 1.29 is 0 Å². The molecule has 33 heavy (non-hydrogen) atoms. The maximum absolute atomic E-state index is 6.27. The van der Waals surface area contributed by atoms with E-state index >= 15 is 0 Å². The number of nitrogens with zero attached hydrogens (tertiary/aromatic N) is 2. The van der Waals surface area contributed by atoms with Gasteiger partial charge < -0.3 is 4.98 Å². The minimum absolute atomic E-state index is 0.551. The monoisotopic (exact) mass is 473 g/mol. The highest BCUT2D eigenvalue weighted by molar-refractivity contribution is 6.36. The highest BCUT2D eigenvalue weighted by Gasteiger charge is 2.17. The molecule has 0 unspecified atom stereocenters. The minimum Gasteiger partial charge on any atom is -0.345 e. The van der Waals surface area contributed by atoms with E-state index in [-0.39, 0.29) is 0 Å². The van der Waals surface area contributed by atoms with Crippen LogP contribution in [0.15, 0.2) is 54.9 Å². The van der Waals surface area contributed by atoms with Gasteiger partial charge in [-0.3, -0.25) is 4.90 Å². The fourth-order valence-corrected chi connectivity index (χ4v) is 4.97. The van der Waals surface area contributed by atoms with Crippen molar-refractivity contribution in [2.45, 2.75) is 26.8 Å². The third-order valence-electron chi connectivity index (χ3n) is 6.07. The smallest absolute Gasteiger partial charge is 0.138 e. The van der Waals surface area contributed by atoms with E-state index < -0.39 is 0 Å². The molecule has 0 spiro atoms.